The van der Waals surface area contributed by atoms with E-state index >= 15 is 0 Å². The van der Waals surface area contributed by atoms with Crippen molar-refractivity contribution in [3.63, 3.8) is 0 Å². The molecule has 0 fully saturated rings. The maximum absolute atomic E-state index is 11.7. The summed E-state index contributed by atoms with van der Waals surface area (Å²) in [6, 6.07) is 11.9. The second kappa shape index (κ2) is 5.53. The molecule has 0 radical (unpaired) electrons. The first-order valence-corrected chi connectivity index (χ1v) is 7.66. The quantitative estimate of drug-likeness (QED) is 0.674. The molecule has 0 amide bonds. The Morgan fingerprint density at radius 3 is 2.86 bits per heavy atom. The Bertz CT molecular complexity index is 712. The number of nitrogens with two attached hydrogens (primary N) is 1. The Balaban J connectivity index is 1.79. The highest BCUT2D eigenvalue weighted by molar-refractivity contribution is 9.10. The van der Waals surface area contributed by atoms with Crippen LogP contribution in [0, 0.1) is 0 Å². The molecule has 0 spiro atoms. The predicted octanol–water partition coefficient (Wildman–Crippen LogP) is 3.95. The molecule has 0 bridgehead atoms. The molecule has 0 saturated carbocycles. The molecule has 0 aromatic heterocycles. The smallest absolute Gasteiger partial charge is 0.163 e. The highest BCUT2D eigenvalue weighted by Crippen LogP contribution is 2.37. The number of ether oxygens (including phenoxy) is 1. The number of rotatable bonds is 4. The van der Waals surface area contributed by atoms with E-state index in [4.69, 9.17) is 10.5 Å². The van der Waals surface area contributed by atoms with Gasteiger partial charge in [0.25, 0.3) is 0 Å². The van der Waals surface area contributed by atoms with Crippen LogP contribution in [0.25, 0.3) is 0 Å². The summed E-state index contributed by atoms with van der Waals surface area (Å²) in [5.74, 6) is 0.825. The number of anilines is 1. The van der Waals surface area contributed by atoms with Crippen molar-refractivity contribution in [2.24, 2.45) is 0 Å². The summed E-state index contributed by atoms with van der Waals surface area (Å²) >= 11 is 3.35. The van der Waals surface area contributed by atoms with Crippen molar-refractivity contribution in [2.45, 2.75) is 19.3 Å². The second-order valence-corrected chi connectivity index (χ2v) is 6.25. The van der Waals surface area contributed by atoms with Crippen molar-refractivity contribution >= 4 is 27.4 Å². The molecular weight excluding hydrogens is 330 g/mol. The molecule has 0 aliphatic heterocycles. The summed E-state index contributed by atoms with van der Waals surface area (Å²) in [5, 5.41) is 0. The number of hydrogen-bond acceptors (Lipinski definition) is 3. The molecule has 108 valence electrons. The van der Waals surface area contributed by atoms with Gasteiger partial charge in [-0.2, -0.15) is 0 Å². The standard InChI is InChI=1S/C17H16BrNO2/c1-10(20)15-7-13(18)8-16(19)17(15)21-9-12-6-11-4-2-3-5-14(11)12/h2-5,7-8,12H,6,9,19H2,1H3. The van der Waals surface area contributed by atoms with Crippen LogP contribution in [0.2, 0.25) is 0 Å². The maximum Gasteiger partial charge on any atom is 0.163 e. The molecule has 0 heterocycles. The Labute approximate surface area is 132 Å². The van der Waals surface area contributed by atoms with Gasteiger partial charge in [0.1, 0.15) is 0 Å². The predicted molar refractivity (Wildman–Crippen MR) is 86.9 cm³/mol. The minimum atomic E-state index is -0.0491. The monoisotopic (exact) mass is 345 g/mol. The van der Waals surface area contributed by atoms with Crippen LogP contribution < -0.4 is 10.5 Å². The minimum Gasteiger partial charge on any atom is -0.490 e. The van der Waals surface area contributed by atoms with Crippen LogP contribution in [-0.4, -0.2) is 12.4 Å². The van der Waals surface area contributed by atoms with Gasteiger partial charge in [-0.15, -0.1) is 0 Å². The van der Waals surface area contributed by atoms with Gasteiger partial charge in [-0.05, 0) is 36.6 Å². The van der Waals surface area contributed by atoms with Crippen LogP contribution in [0.3, 0.4) is 0 Å². The summed E-state index contributed by atoms with van der Waals surface area (Å²) < 4.78 is 6.66. The molecule has 3 rings (SSSR count). The molecule has 3 nitrogen and oxygen atoms in total. The lowest BCUT2D eigenvalue weighted by molar-refractivity contribution is 0.101. The minimum absolute atomic E-state index is 0.0491. The average Bonchev–Trinajstić information content (AvgIpc) is 2.41. The number of fused-ring (bicyclic) bond motifs is 1. The van der Waals surface area contributed by atoms with E-state index in [1.165, 1.54) is 18.1 Å². The van der Waals surface area contributed by atoms with E-state index in [-0.39, 0.29) is 5.78 Å². The lowest BCUT2D eigenvalue weighted by Crippen LogP contribution is -2.23. The van der Waals surface area contributed by atoms with E-state index in [1.807, 2.05) is 6.07 Å². The van der Waals surface area contributed by atoms with E-state index in [1.54, 1.807) is 12.1 Å². The van der Waals surface area contributed by atoms with E-state index < -0.39 is 0 Å². The van der Waals surface area contributed by atoms with Crippen LogP contribution >= 0.6 is 15.9 Å². The Hall–Kier alpha value is -1.81. The molecule has 1 unspecified atom stereocenters. The Morgan fingerprint density at radius 2 is 2.14 bits per heavy atom. The second-order valence-electron chi connectivity index (χ2n) is 5.34. The van der Waals surface area contributed by atoms with Gasteiger partial charge >= 0.3 is 0 Å². The van der Waals surface area contributed by atoms with E-state index in [0.717, 1.165) is 10.9 Å². The highest BCUT2D eigenvalue weighted by atomic mass is 79.9. The van der Waals surface area contributed by atoms with Crippen molar-refractivity contribution in [1.82, 2.24) is 0 Å². The fraction of sp³-hybridized carbons (Fsp3) is 0.235. The maximum atomic E-state index is 11.7. The Morgan fingerprint density at radius 1 is 1.38 bits per heavy atom. The van der Waals surface area contributed by atoms with E-state index in [0.29, 0.717) is 29.5 Å². The van der Waals surface area contributed by atoms with Crippen molar-refractivity contribution in [2.75, 3.05) is 12.3 Å². The zero-order chi connectivity index (χ0) is 15.0. The summed E-state index contributed by atoms with van der Waals surface area (Å²) in [6.07, 6.45) is 1.02. The fourth-order valence-electron chi connectivity index (χ4n) is 2.73. The number of nitrogen functional groups attached to an aromatic ring is 1. The van der Waals surface area contributed by atoms with Crippen molar-refractivity contribution < 1.29 is 9.53 Å². The highest BCUT2D eigenvalue weighted by Gasteiger charge is 2.26. The van der Waals surface area contributed by atoms with Gasteiger partial charge in [0.2, 0.25) is 0 Å². The summed E-state index contributed by atoms with van der Waals surface area (Å²) in [7, 11) is 0. The topological polar surface area (TPSA) is 52.3 Å². The van der Waals surface area contributed by atoms with Gasteiger partial charge < -0.3 is 10.5 Å². The number of Topliss-reactive ketones (excluding diaryl/α,β-unsaturated/α-hetero) is 1. The largest absolute Gasteiger partial charge is 0.490 e. The summed E-state index contributed by atoms with van der Waals surface area (Å²) in [4.78, 5) is 11.7. The first-order valence-electron chi connectivity index (χ1n) is 6.87. The summed E-state index contributed by atoms with van der Waals surface area (Å²) in [5.41, 5.74) is 9.71. The van der Waals surface area contributed by atoms with Crippen molar-refractivity contribution in [3.8, 4) is 5.75 Å². The number of carbonyl (C=O) groups is 1. The lowest BCUT2D eigenvalue weighted by Gasteiger charge is -2.30. The van der Waals surface area contributed by atoms with Gasteiger partial charge in [0.05, 0.1) is 17.9 Å². The van der Waals surface area contributed by atoms with Crippen LogP contribution in [0.15, 0.2) is 40.9 Å². The molecule has 1 aliphatic carbocycles. The Kier molecular flexibility index (Phi) is 3.72. The SMILES string of the molecule is CC(=O)c1cc(Br)cc(N)c1OCC1Cc2ccccc21. The van der Waals surface area contributed by atoms with Crippen molar-refractivity contribution in [3.05, 3.63) is 57.6 Å². The average molecular weight is 346 g/mol. The number of ketones is 1. The third kappa shape index (κ3) is 2.68. The van der Waals surface area contributed by atoms with Crippen LogP contribution in [-0.2, 0) is 6.42 Å². The number of hydrogen-bond donors (Lipinski definition) is 1. The third-order valence-corrected chi connectivity index (χ3v) is 4.31. The zero-order valence-corrected chi connectivity index (χ0v) is 13.3. The first kappa shape index (κ1) is 14.1. The van der Waals surface area contributed by atoms with Gasteiger partial charge in [0.15, 0.2) is 11.5 Å². The summed E-state index contributed by atoms with van der Waals surface area (Å²) in [6.45, 7) is 2.07. The van der Waals surface area contributed by atoms with Gasteiger partial charge in [0, 0.05) is 10.4 Å². The van der Waals surface area contributed by atoms with Gasteiger partial charge in [-0.3, -0.25) is 4.79 Å². The number of halogens is 1. The first-order chi connectivity index (χ1) is 10.1. The molecule has 2 N–H and O–H groups in total. The molecule has 2 aromatic carbocycles. The number of benzene rings is 2. The normalized spacial score (nSPS) is 16.0. The van der Waals surface area contributed by atoms with Crippen LogP contribution in [0.4, 0.5) is 5.69 Å². The molecule has 0 saturated heterocycles. The van der Waals surface area contributed by atoms with Crippen molar-refractivity contribution in [1.29, 1.82) is 0 Å². The fourth-order valence-corrected chi connectivity index (χ4v) is 3.21. The van der Waals surface area contributed by atoms with Gasteiger partial charge in [-0.25, -0.2) is 0 Å². The molecule has 4 heteroatoms. The van der Waals surface area contributed by atoms with E-state index in [9.17, 15) is 4.79 Å². The lowest BCUT2D eigenvalue weighted by atomic mass is 9.78. The van der Waals surface area contributed by atoms with Crippen LogP contribution in [0.5, 0.6) is 5.75 Å². The molecule has 2 aromatic rings. The van der Waals surface area contributed by atoms with E-state index in [2.05, 4.69) is 34.1 Å². The molecule has 1 atom stereocenters. The van der Waals surface area contributed by atoms with Gasteiger partial charge in [-0.1, -0.05) is 40.2 Å². The number of carbonyl (C=O) groups excluding carboxylic acids is 1. The zero-order valence-electron chi connectivity index (χ0n) is 11.7. The molecule has 1 aliphatic rings. The molecular formula is C17H16BrNO2. The third-order valence-electron chi connectivity index (χ3n) is 3.85. The van der Waals surface area contributed by atoms with Crippen LogP contribution in [0.1, 0.15) is 34.3 Å². The molecule has 21 heavy (non-hydrogen) atoms.